The topological polar surface area (TPSA) is 26.2 Å². The van der Waals surface area contributed by atoms with Gasteiger partial charge in [-0.3, -0.25) is 0 Å². The molecule has 86 valence electrons. The van der Waals surface area contributed by atoms with Crippen molar-refractivity contribution in [1.82, 2.24) is 9.88 Å². The average molecular weight is 239 g/mol. The highest BCUT2D eigenvalue weighted by Crippen LogP contribution is 2.35. The van der Waals surface area contributed by atoms with Crippen LogP contribution in [-0.2, 0) is 13.6 Å². The molecular weight excluding hydrogens is 224 g/mol. The molecule has 0 unspecified atom stereocenters. The molecule has 0 spiro atoms. The lowest BCUT2D eigenvalue weighted by Crippen LogP contribution is -2.05. The molecule has 0 amide bonds. The van der Waals surface area contributed by atoms with Gasteiger partial charge in [-0.1, -0.05) is 17.7 Å². The van der Waals surface area contributed by atoms with Gasteiger partial charge in [0.1, 0.15) is 10.9 Å². The summed E-state index contributed by atoms with van der Waals surface area (Å²) in [5.41, 5.74) is 2.17. The highest BCUT2D eigenvalue weighted by Gasteiger charge is 2.15. The number of nitrogens with one attached hydrogen (secondary N) is 1. The zero-order valence-corrected chi connectivity index (χ0v) is 10.4. The third-order valence-corrected chi connectivity index (χ3v) is 3.27. The first-order valence-electron chi connectivity index (χ1n) is 5.15. The third-order valence-electron chi connectivity index (χ3n) is 2.78. The largest absolute Gasteiger partial charge is 0.496 e. The molecule has 3 nitrogen and oxygen atoms in total. The number of halogens is 1. The minimum Gasteiger partial charge on any atom is -0.496 e. The molecular formula is C12H15ClN2O. The fraction of sp³-hybridized carbons (Fsp3) is 0.333. The molecule has 2 aromatic rings. The smallest absolute Gasteiger partial charge is 0.128 e. The van der Waals surface area contributed by atoms with Crippen molar-refractivity contribution in [2.24, 2.45) is 7.05 Å². The average Bonchev–Trinajstić information content (AvgIpc) is 2.55. The van der Waals surface area contributed by atoms with Crippen molar-refractivity contribution in [3.63, 3.8) is 0 Å². The van der Waals surface area contributed by atoms with Gasteiger partial charge in [-0.05, 0) is 19.2 Å². The summed E-state index contributed by atoms with van der Waals surface area (Å²) in [6.07, 6.45) is 0. The predicted molar refractivity (Wildman–Crippen MR) is 67.2 cm³/mol. The highest BCUT2D eigenvalue weighted by molar-refractivity contribution is 6.32. The number of benzene rings is 1. The van der Waals surface area contributed by atoms with Gasteiger partial charge in [-0.25, -0.2) is 0 Å². The Balaban J connectivity index is 2.80. The molecule has 0 aliphatic rings. The maximum absolute atomic E-state index is 6.31. The summed E-state index contributed by atoms with van der Waals surface area (Å²) >= 11 is 6.31. The second-order valence-corrected chi connectivity index (χ2v) is 4.07. The van der Waals surface area contributed by atoms with Gasteiger partial charge in [-0.2, -0.15) is 0 Å². The maximum atomic E-state index is 6.31. The lowest BCUT2D eigenvalue weighted by Gasteiger charge is -2.04. The monoisotopic (exact) mass is 238 g/mol. The Bertz CT molecular complexity index is 519. The Morgan fingerprint density at radius 3 is 2.81 bits per heavy atom. The van der Waals surface area contributed by atoms with Crippen molar-refractivity contribution in [3.8, 4) is 5.75 Å². The highest BCUT2D eigenvalue weighted by atomic mass is 35.5. The zero-order valence-electron chi connectivity index (χ0n) is 9.67. The van der Waals surface area contributed by atoms with Crippen LogP contribution in [0.5, 0.6) is 5.75 Å². The minimum atomic E-state index is 0.733. The number of fused-ring (bicyclic) bond motifs is 1. The normalized spacial score (nSPS) is 11.0. The van der Waals surface area contributed by atoms with Crippen molar-refractivity contribution < 1.29 is 4.74 Å². The first kappa shape index (κ1) is 11.3. The summed E-state index contributed by atoms with van der Waals surface area (Å²) in [5, 5.41) is 4.98. The van der Waals surface area contributed by atoms with Gasteiger partial charge in [0.25, 0.3) is 0 Å². The molecule has 0 bridgehead atoms. The van der Waals surface area contributed by atoms with Gasteiger partial charge in [0, 0.05) is 24.5 Å². The van der Waals surface area contributed by atoms with E-state index in [1.165, 1.54) is 0 Å². The molecule has 4 heteroatoms. The van der Waals surface area contributed by atoms with E-state index in [9.17, 15) is 0 Å². The van der Waals surface area contributed by atoms with E-state index >= 15 is 0 Å². The number of aromatic nitrogens is 1. The first-order valence-corrected chi connectivity index (χ1v) is 5.52. The molecule has 0 aliphatic carbocycles. The number of rotatable bonds is 3. The molecule has 0 atom stereocenters. The summed E-state index contributed by atoms with van der Waals surface area (Å²) < 4.78 is 7.36. The van der Waals surface area contributed by atoms with Gasteiger partial charge in [0.2, 0.25) is 0 Å². The molecule has 16 heavy (non-hydrogen) atoms. The van der Waals surface area contributed by atoms with Crippen LogP contribution in [-0.4, -0.2) is 18.7 Å². The first-order chi connectivity index (χ1) is 7.70. The Kier molecular flexibility index (Phi) is 3.08. The van der Waals surface area contributed by atoms with Crippen LogP contribution in [0.3, 0.4) is 0 Å². The standard InChI is InChI=1S/C12H15ClN2O/c1-14-7-8-11-9(15(2)12(8)13)5-4-6-10(11)16-3/h4-6,14H,7H2,1-3H3. The van der Waals surface area contributed by atoms with Gasteiger partial charge < -0.3 is 14.6 Å². The van der Waals surface area contributed by atoms with Gasteiger partial charge in [-0.15, -0.1) is 0 Å². The van der Waals surface area contributed by atoms with E-state index in [-0.39, 0.29) is 0 Å². The van der Waals surface area contributed by atoms with Crippen LogP contribution in [0.25, 0.3) is 10.9 Å². The van der Waals surface area contributed by atoms with Crippen molar-refractivity contribution >= 4 is 22.5 Å². The second kappa shape index (κ2) is 4.36. The second-order valence-electron chi connectivity index (χ2n) is 3.71. The zero-order chi connectivity index (χ0) is 11.7. The quantitative estimate of drug-likeness (QED) is 0.890. The molecule has 0 aliphatic heterocycles. The number of hydrogen-bond acceptors (Lipinski definition) is 2. The number of nitrogens with zero attached hydrogens (tertiary/aromatic N) is 1. The van der Waals surface area contributed by atoms with Crippen molar-refractivity contribution in [2.45, 2.75) is 6.54 Å². The van der Waals surface area contributed by atoms with Crippen LogP contribution in [0, 0.1) is 0 Å². The van der Waals surface area contributed by atoms with Crippen LogP contribution in [0.4, 0.5) is 0 Å². The van der Waals surface area contributed by atoms with Crippen molar-refractivity contribution in [2.75, 3.05) is 14.2 Å². The minimum absolute atomic E-state index is 0.733. The maximum Gasteiger partial charge on any atom is 0.128 e. The molecule has 1 heterocycles. The lowest BCUT2D eigenvalue weighted by atomic mass is 10.1. The SMILES string of the molecule is CNCc1c(Cl)n(C)c2cccc(OC)c12. The molecule has 0 saturated heterocycles. The van der Waals surface area contributed by atoms with Crippen LogP contribution >= 0.6 is 11.6 Å². The van der Waals surface area contributed by atoms with E-state index in [2.05, 4.69) is 5.32 Å². The number of ether oxygens (including phenoxy) is 1. The predicted octanol–water partition coefficient (Wildman–Crippen LogP) is 2.56. The number of methoxy groups -OCH3 is 1. The van der Waals surface area contributed by atoms with Gasteiger partial charge in [0.05, 0.1) is 12.6 Å². The molecule has 1 aromatic heterocycles. The lowest BCUT2D eigenvalue weighted by molar-refractivity contribution is 0.419. The molecule has 1 aromatic carbocycles. The van der Waals surface area contributed by atoms with E-state index < -0.39 is 0 Å². The summed E-state index contributed by atoms with van der Waals surface area (Å²) in [6, 6.07) is 5.97. The molecule has 2 rings (SSSR count). The van der Waals surface area contributed by atoms with Crippen LogP contribution < -0.4 is 10.1 Å². The van der Waals surface area contributed by atoms with E-state index in [0.29, 0.717) is 0 Å². The summed E-state index contributed by atoms with van der Waals surface area (Å²) in [6.45, 7) is 0.733. The number of hydrogen-bond donors (Lipinski definition) is 1. The van der Waals surface area contributed by atoms with E-state index in [0.717, 1.165) is 33.9 Å². The third kappa shape index (κ3) is 1.56. The number of aryl methyl sites for hydroxylation is 1. The van der Waals surface area contributed by atoms with E-state index in [1.807, 2.05) is 36.9 Å². The molecule has 1 N–H and O–H groups in total. The Hall–Kier alpha value is -1.19. The summed E-state index contributed by atoms with van der Waals surface area (Å²) in [7, 11) is 5.55. The van der Waals surface area contributed by atoms with E-state index in [4.69, 9.17) is 16.3 Å². The van der Waals surface area contributed by atoms with E-state index in [1.54, 1.807) is 7.11 Å². The Morgan fingerprint density at radius 1 is 1.44 bits per heavy atom. The Morgan fingerprint density at radius 2 is 2.19 bits per heavy atom. The van der Waals surface area contributed by atoms with Crippen molar-refractivity contribution in [3.05, 3.63) is 28.9 Å². The van der Waals surface area contributed by atoms with Crippen LogP contribution in [0.15, 0.2) is 18.2 Å². The Labute approximate surface area is 100.0 Å². The molecule has 0 saturated carbocycles. The molecule has 0 fully saturated rings. The summed E-state index contributed by atoms with van der Waals surface area (Å²) in [4.78, 5) is 0. The summed E-state index contributed by atoms with van der Waals surface area (Å²) in [5.74, 6) is 0.866. The fourth-order valence-electron chi connectivity index (χ4n) is 2.02. The van der Waals surface area contributed by atoms with Gasteiger partial charge in [0.15, 0.2) is 0 Å². The van der Waals surface area contributed by atoms with Crippen molar-refractivity contribution in [1.29, 1.82) is 0 Å². The van der Waals surface area contributed by atoms with Gasteiger partial charge >= 0.3 is 0 Å². The molecule has 0 radical (unpaired) electrons. The van der Waals surface area contributed by atoms with Crippen LogP contribution in [0.2, 0.25) is 5.15 Å². The van der Waals surface area contributed by atoms with Crippen LogP contribution in [0.1, 0.15) is 5.56 Å². The fourth-order valence-corrected chi connectivity index (χ4v) is 2.27.